The Morgan fingerprint density at radius 1 is 1.18 bits per heavy atom. The van der Waals surface area contributed by atoms with Gasteiger partial charge >= 0.3 is 0 Å². The summed E-state index contributed by atoms with van der Waals surface area (Å²) in [5, 5.41) is 4.79. The molecule has 4 aliphatic rings. The molecular formula is C32H36N6O2. The van der Waals surface area contributed by atoms with Gasteiger partial charge in [-0.3, -0.25) is 24.5 Å². The molecule has 1 N–H and O–H groups in total. The molecule has 6 rings (SSSR count). The minimum atomic E-state index is -0.570. The molecule has 0 aromatic heterocycles. The number of rotatable bonds is 8. The Bertz CT molecular complexity index is 1480. The quantitative estimate of drug-likeness (QED) is 0.497. The van der Waals surface area contributed by atoms with Crippen molar-refractivity contribution >= 4 is 40.7 Å². The molecule has 8 heteroatoms. The average molecular weight is 537 g/mol. The number of carbonyl (C=O) groups is 2. The highest BCUT2D eigenvalue weighted by Gasteiger charge is 2.38. The van der Waals surface area contributed by atoms with Crippen molar-refractivity contribution in [2.75, 3.05) is 18.0 Å². The van der Waals surface area contributed by atoms with Gasteiger partial charge in [0.2, 0.25) is 5.91 Å². The fraction of sp³-hybridized carbons (Fsp3) is 0.375. The van der Waals surface area contributed by atoms with Crippen LogP contribution in [0.2, 0.25) is 0 Å². The summed E-state index contributed by atoms with van der Waals surface area (Å²) in [6.45, 7) is 9.65. The molecule has 0 bridgehead atoms. The Kier molecular flexibility index (Phi) is 7.00. The number of fused-ring (bicyclic) bond motifs is 1. The van der Waals surface area contributed by atoms with Crippen LogP contribution in [0.5, 0.6) is 0 Å². The van der Waals surface area contributed by atoms with Crippen LogP contribution in [0.25, 0.3) is 10.8 Å². The van der Waals surface area contributed by atoms with E-state index in [0.717, 1.165) is 66.6 Å². The maximum absolute atomic E-state index is 13.6. The molecular weight excluding hydrogens is 500 g/mol. The van der Waals surface area contributed by atoms with Crippen LogP contribution in [0.4, 0.5) is 5.69 Å². The average Bonchev–Trinajstić information content (AvgIpc) is 3.28. The van der Waals surface area contributed by atoms with Crippen molar-refractivity contribution in [2.24, 2.45) is 9.98 Å². The number of nitrogens with one attached hydrogen (secondary N) is 1. The molecule has 2 aromatic carbocycles. The summed E-state index contributed by atoms with van der Waals surface area (Å²) >= 11 is 0. The summed E-state index contributed by atoms with van der Waals surface area (Å²) in [6, 6.07) is 9.65. The Balaban J connectivity index is 1.24. The second-order valence-corrected chi connectivity index (χ2v) is 10.8. The number of anilines is 1. The summed E-state index contributed by atoms with van der Waals surface area (Å²) in [4.78, 5) is 42.0. The molecule has 8 nitrogen and oxygen atoms in total. The smallest absolute Gasteiger partial charge is 0.259 e. The monoisotopic (exact) mass is 536 g/mol. The lowest BCUT2D eigenvalue weighted by Gasteiger charge is -2.37. The summed E-state index contributed by atoms with van der Waals surface area (Å²) < 4.78 is 0. The van der Waals surface area contributed by atoms with Gasteiger partial charge < -0.3 is 15.1 Å². The molecule has 40 heavy (non-hydrogen) atoms. The lowest BCUT2D eigenvalue weighted by Crippen LogP contribution is -2.47. The minimum Gasteiger partial charge on any atom is -0.369 e. The second kappa shape index (κ2) is 10.8. The van der Waals surface area contributed by atoms with Crippen molar-refractivity contribution in [1.82, 2.24) is 15.1 Å². The Hall–Kier alpha value is -4.20. The molecule has 0 radical (unpaired) electrons. The molecule has 4 aliphatic heterocycles. The largest absolute Gasteiger partial charge is 0.369 e. The summed E-state index contributed by atoms with van der Waals surface area (Å²) in [6.07, 6.45) is 13.8. The maximum atomic E-state index is 13.6. The van der Waals surface area contributed by atoms with Crippen LogP contribution in [0.1, 0.15) is 67.8 Å². The molecule has 2 atom stereocenters. The molecule has 1 fully saturated rings. The lowest BCUT2D eigenvalue weighted by atomic mass is 9.85. The highest BCUT2D eigenvalue weighted by Crippen LogP contribution is 2.44. The summed E-state index contributed by atoms with van der Waals surface area (Å²) in [7, 11) is 0. The van der Waals surface area contributed by atoms with Crippen LogP contribution in [-0.4, -0.2) is 59.3 Å². The number of hydrogen-bond donors (Lipinski definition) is 1. The van der Waals surface area contributed by atoms with Gasteiger partial charge in [0.25, 0.3) is 5.91 Å². The Morgan fingerprint density at radius 3 is 2.75 bits per heavy atom. The predicted octanol–water partition coefficient (Wildman–Crippen LogP) is 5.30. The summed E-state index contributed by atoms with van der Waals surface area (Å²) in [5.74, 6) is 0.0885. The number of piperidine rings is 1. The highest BCUT2D eigenvalue weighted by molar-refractivity contribution is 6.27. The van der Waals surface area contributed by atoms with Gasteiger partial charge in [-0.25, -0.2) is 0 Å². The van der Waals surface area contributed by atoms with E-state index in [2.05, 4.69) is 58.1 Å². The zero-order valence-corrected chi connectivity index (χ0v) is 23.2. The third-order valence-electron chi connectivity index (χ3n) is 8.46. The minimum absolute atomic E-state index is 0.0489. The van der Waals surface area contributed by atoms with Crippen molar-refractivity contribution in [1.29, 1.82) is 0 Å². The molecule has 2 unspecified atom stereocenters. The molecule has 0 spiro atoms. The fourth-order valence-corrected chi connectivity index (χ4v) is 6.43. The van der Waals surface area contributed by atoms with Crippen LogP contribution in [0.15, 0.2) is 76.9 Å². The number of allylic oxidation sites excluding steroid dienone is 2. The van der Waals surface area contributed by atoms with Crippen LogP contribution in [0, 0.1) is 0 Å². The van der Waals surface area contributed by atoms with Gasteiger partial charge in [0.05, 0.1) is 17.1 Å². The summed E-state index contributed by atoms with van der Waals surface area (Å²) in [5.41, 5.74) is 5.00. The van der Waals surface area contributed by atoms with E-state index in [9.17, 15) is 9.59 Å². The fourth-order valence-electron chi connectivity index (χ4n) is 6.43. The van der Waals surface area contributed by atoms with Crippen LogP contribution >= 0.6 is 0 Å². The molecule has 4 heterocycles. The van der Waals surface area contributed by atoms with Crippen molar-refractivity contribution in [3.8, 4) is 0 Å². The van der Waals surface area contributed by atoms with Gasteiger partial charge in [0.15, 0.2) is 6.17 Å². The SMILES string of the molecule is C=CNC(=O)C(CCC)N1C(=O)c2cccc3c(C4CCN(C5=CN6C=C(CC)N=CC6N=C5)CC4)ccc1c23. The van der Waals surface area contributed by atoms with E-state index >= 15 is 0 Å². The Morgan fingerprint density at radius 2 is 2.00 bits per heavy atom. The molecule has 0 aliphatic carbocycles. The van der Waals surface area contributed by atoms with Crippen molar-refractivity contribution in [2.45, 2.75) is 64.1 Å². The van der Waals surface area contributed by atoms with E-state index in [1.165, 1.54) is 11.8 Å². The number of nitrogens with zero attached hydrogens (tertiary/aromatic N) is 5. The highest BCUT2D eigenvalue weighted by atomic mass is 16.2. The van der Waals surface area contributed by atoms with Crippen LogP contribution in [0.3, 0.4) is 0 Å². The van der Waals surface area contributed by atoms with E-state index < -0.39 is 6.04 Å². The number of carbonyl (C=O) groups excluding carboxylic acids is 2. The first-order chi connectivity index (χ1) is 19.5. The van der Waals surface area contributed by atoms with Gasteiger partial charge in [-0.1, -0.05) is 45.0 Å². The normalized spacial score (nSPS) is 20.9. The molecule has 2 aromatic rings. The predicted molar refractivity (Wildman–Crippen MR) is 160 cm³/mol. The van der Waals surface area contributed by atoms with E-state index in [4.69, 9.17) is 4.99 Å². The van der Waals surface area contributed by atoms with Crippen molar-refractivity contribution < 1.29 is 9.59 Å². The first-order valence-corrected chi connectivity index (χ1v) is 14.4. The van der Waals surface area contributed by atoms with E-state index in [-0.39, 0.29) is 18.0 Å². The molecule has 0 saturated carbocycles. The van der Waals surface area contributed by atoms with Gasteiger partial charge in [0.1, 0.15) is 6.04 Å². The molecule has 206 valence electrons. The van der Waals surface area contributed by atoms with Gasteiger partial charge in [-0.05, 0) is 60.9 Å². The number of hydrogen-bond acceptors (Lipinski definition) is 6. The number of aliphatic imine (C=N–C) groups is 2. The van der Waals surface area contributed by atoms with E-state index in [1.54, 1.807) is 4.90 Å². The van der Waals surface area contributed by atoms with Crippen LogP contribution in [-0.2, 0) is 4.79 Å². The van der Waals surface area contributed by atoms with Gasteiger partial charge in [0, 0.05) is 48.9 Å². The maximum Gasteiger partial charge on any atom is 0.259 e. The first-order valence-electron chi connectivity index (χ1n) is 14.4. The Labute approximate surface area is 235 Å². The van der Waals surface area contributed by atoms with E-state index in [0.29, 0.717) is 17.9 Å². The second-order valence-electron chi connectivity index (χ2n) is 10.8. The van der Waals surface area contributed by atoms with Crippen LogP contribution < -0.4 is 10.2 Å². The standard InChI is InChI=1S/C32H36N6O2/c1-4-8-28(31(39)33-6-3)38-27-12-11-24(25-9-7-10-26(30(25)27)32(38)40)21-13-15-36(16-14-21)23-17-35-29-18-34-22(5-2)19-37(29)20-23/h6-7,9-12,17-21,28-29H,3-5,8,13-16H2,1-2H3,(H,33,39). The third-order valence-corrected chi connectivity index (χ3v) is 8.46. The number of likely N-dealkylation sites (tertiary alicyclic amines) is 1. The number of amides is 2. The van der Waals surface area contributed by atoms with Crippen molar-refractivity contribution in [3.05, 3.63) is 78.0 Å². The van der Waals surface area contributed by atoms with Gasteiger partial charge in [-0.15, -0.1) is 0 Å². The zero-order valence-electron chi connectivity index (χ0n) is 23.2. The zero-order chi connectivity index (χ0) is 27.8. The molecule has 2 amide bonds. The topological polar surface area (TPSA) is 80.6 Å². The van der Waals surface area contributed by atoms with Gasteiger partial charge in [-0.2, -0.15) is 0 Å². The first kappa shape index (κ1) is 26.0. The molecule has 1 saturated heterocycles. The van der Waals surface area contributed by atoms with E-state index in [1.807, 2.05) is 37.6 Å². The number of benzene rings is 2. The van der Waals surface area contributed by atoms with Crippen molar-refractivity contribution in [3.63, 3.8) is 0 Å². The lowest BCUT2D eigenvalue weighted by molar-refractivity contribution is -0.121. The third kappa shape index (κ3) is 4.41.